The molecule has 136 valence electrons. The number of carbonyl (C=O) groups is 3. The number of amides is 2. The smallest absolute Gasteiger partial charge is 0.326 e. The van der Waals surface area contributed by atoms with E-state index in [0.717, 1.165) is 12.0 Å². The Balaban J connectivity index is 1.48. The standard InChI is InChI=1S/C19H20N2O5/c1-13(26-17(22)11-20-18(23)16-7-4-10-25-16)19(24)21-9-8-14-5-2-3-6-15(14)12-21/h2-7,10,13H,8-9,11-12H2,1H3,(H,20,23). The van der Waals surface area contributed by atoms with E-state index in [0.29, 0.717) is 13.1 Å². The van der Waals surface area contributed by atoms with E-state index in [2.05, 4.69) is 11.4 Å². The van der Waals surface area contributed by atoms with Crippen LogP contribution in [0.3, 0.4) is 0 Å². The van der Waals surface area contributed by atoms with E-state index in [1.54, 1.807) is 11.0 Å². The van der Waals surface area contributed by atoms with Gasteiger partial charge in [0.05, 0.1) is 6.26 Å². The van der Waals surface area contributed by atoms with Crippen LogP contribution in [0, 0.1) is 0 Å². The van der Waals surface area contributed by atoms with Crippen LogP contribution in [0.1, 0.15) is 28.6 Å². The van der Waals surface area contributed by atoms with Crippen molar-refractivity contribution in [1.82, 2.24) is 10.2 Å². The molecule has 1 aromatic carbocycles. The van der Waals surface area contributed by atoms with E-state index < -0.39 is 18.0 Å². The summed E-state index contributed by atoms with van der Waals surface area (Å²) in [4.78, 5) is 37.8. The second-order valence-electron chi connectivity index (χ2n) is 6.07. The summed E-state index contributed by atoms with van der Waals surface area (Å²) in [5.41, 5.74) is 2.35. The average molecular weight is 356 g/mol. The van der Waals surface area contributed by atoms with Crippen LogP contribution >= 0.6 is 0 Å². The van der Waals surface area contributed by atoms with Crippen LogP contribution in [-0.2, 0) is 27.3 Å². The number of carbonyl (C=O) groups excluding carboxylic acids is 3. The Morgan fingerprint density at radius 1 is 1.19 bits per heavy atom. The lowest BCUT2D eigenvalue weighted by atomic mass is 9.99. The van der Waals surface area contributed by atoms with Crippen LogP contribution in [0.15, 0.2) is 47.1 Å². The van der Waals surface area contributed by atoms with Crippen molar-refractivity contribution in [3.05, 3.63) is 59.5 Å². The van der Waals surface area contributed by atoms with Gasteiger partial charge in [0.1, 0.15) is 6.54 Å². The third-order valence-electron chi connectivity index (χ3n) is 4.24. The fourth-order valence-corrected chi connectivity index (χ4v) is 2.88. The minimum Gasteiger partial charge on any atom is -0.459 e. The summed E-state index contributed by atoms with van der Waals surface area (Å²) in [6, 6.07) is 11.0. The Morgan fingerprint density at radius 2 is 1.96 bits per heavy atom. The number of esters is 1. The number of hydrogen-bond donors (Lipinski definition) is 1. The summed E-state index contributed by atoms with van der Waals surface area (Å²) in [7, 11) is 0. The zero-order valence-corrected chi connectivity index (χ0v) is 14.4. The number of furan rings is 1. The molecular weight excluding hydrogens is 336 g/mol. The van der Waals surface area contributed by atoms with Gasteiger partial charge in [0.15, 0.2) is 11.9 Å². The zero-order valence-electron chi connectivity index (χ0n) is 14.4. The van der Waals surface area contributed by atoms with Gasteiger partial charge in [-0.1, -0.05) is 24.3 Å². The molecule has 0 saturated heterocycles. The predicted octanol–water partition coefficient (Wildman–Crippen LogP) is 1.53. The van der Waals surface area contributed by atoms with Crippen LogP contribution in [0.2, 0.25) is 0 Å². The normalized spacial score (nSPS) is 14.3. The summed E-state index contributed by atoms with van der Waals surface area (Å²) in [6.07, 6.45) is 1.24. The molecule has 2 heterocycles. The average Bonchev–Trinajstić information content (AvgIpc) is 3.20. The van der Waals surface area contributed by atoms with Gasteiger partial charge in [-0.3, -0.25) is 14.4 Å². The lowest BCUT2D eigenvalue weighted by Crippen LogP contribution is -2.43. The van der Waals surface area contributed by atoms with Crippen molar-refractivity contribution in [2.75, 3.05) is 13.1 Å². The molecule has 1 atom stereocenters. The Labute approximate surface area is 150 Å². The van der Waals surface area contributed by atoms with E-state index in [-0.39, 0.29) is 18.2 Å². The van der Waals surface area contributed by atoms with E-state index >= 15 is 0 Å². The van der Waals surface area contributed by atoms with Crippen LogP contribution in [0.25, 0.3) is 0 Å². The van der Waals surface area contributed by atoms with E-state index in [4.69, 9.17) is 9.15 Å². The summed E-state index contributed by atoms with van der Waals surface area (Å²) in [6.45, 7) is 2.30. The summed E-state index contributed by atoms with van der Waals surface area (Å²) in [5.74, 6) is -1.33. The van der Waals surface area contributed by atoms with Crippen molar-refractivity contribution in [1.29, 1.82) is 0 Å². The Bertz CT molecular complexity index is 800. The SMILES string of the molecule is CC(OC(=O)CNC(=O)c1ccco1)C(=O)N1CCc2ccccc2C1. The highest BCUT2D eigenvalue weighted by Crippen LogP contribution is 2.19. The molecule has 0 bridgehead atoms. The van der Waals surface area contributed by atoms with E-state index in [1.165, 1.54) is 24.8 Å². The van der Waals surface area contributed by atoms with Crippen molar-refractivity contribution in [2.24, 2.45) is 0 Å². The van der Waals surface area contributed by atoms with Crippen molar-refractivity contribution in [3.8, 4) is 0 Å². The molecule has 1 N–H and O–H groups in total. The molecule has 2 amide bonds. The molecule has 1 unspecified atom stereocenters. The quantitative estimate of drug-likeness (QED) is 0.821. The maximum atomic E-state index is 12.5. The fraction of sp³-hybridized carbons (Fsp3) is 0.316. The van der Waals surface area contributed by atoms with Crippen LogP contribution < -0.4 is 5.32 Å². The zero-order chi connectivity index (χ0) is 18.5. The second-order valence-corrected chi connectivity index (χ2v) is 6.07. The molecule has 1 aromatic heterocycles. The number of benzene rings is 1. The third-order valence-corrected chi connectivity index (χ3v) is 4.24. The number of hydrogen-bond acceptors (Lipinski definition) is 5. The lowest BCUT2D eigenvalue weighted by molar-refractivity contribution is -0.158. The fourth-order valence-electron chi connectivity index (χ4n) is 2.88. The second kappa shape index (κ2) is 7.86. The van der Waals surface area contributed by atoms with Gasteiger partial charge in [-0.05, 0) is 36.6 Å². The first-order chi connectivity index (χ1) is 12.5. The molecule has 26 heavy (non-hydrogen) atoms. The lowest BCUT2D eigenvalue weighted by Gasteiger charge is -2.30. The number of ether oxygens (including phenoxy) is 1. The highest BCUT2D eigenvalue weighted by Gasteiger charge is 2.27. The monoisotopic (exact) mass is 356 g/mol. The molecule has 0 aliphatic carbocycles. The number of nitrogens with zero attached hydrogens (tertiary/aromatic N) is 1. The maximum absolute atomic E-state index is 12.5. The molecule has 2 aromatic rings. The molecule has 0 saturated carbocycles. The van der Waals surface area contributed by atoms with Gasteiger partial charge < -0.3 is 19.4 Å². The highest BCUT2D eigenvalue weighted by atomic mass is 16.5. The van der Waals surface area contributed by atoms with Crippen LogP contribution in [0.5, 0.6) is 0 Å². The Morgan fingerprint density at radius 3 is 2.69 bits per heavy atom. The van der Waals surface area contributed by atoms with Gasteiger partial charge in [-0.2, -0.15) is 0 Å². The van der Waals surface area contributed by atoms with Crippen LogP contribution in [-0.4, -0.2) is 41.9 Å². The molecule has 7 nitrogen and oxygen atoms in total. The first-order valence-corrected chi connectivity index (χ1v) is 8.41. The van der Waals surface area contributed by atoms with Crippen molar-refractivity contribution >= 4 is 17.8 Å². The van der Waals surface area contributed by atoms with Gasteiger partial charge in [-0.25, -0.2) is 0 Å². The molecule has 1 aliphatic rings. The number of nitrogens with one attached hydrogen (secondary N) is 1. The first kappa shape index (κ1) is 17.7. The Kier molecular flexibility index (Phi) is 5.36. The maximum Gasteiger partial charge on any atom is 0.326 e. The summed E-state index contributed by atoms with van der Waals surface area (Å²) < 4.78 is 10.1. The topological polar surface area (TPSA) is 88.8 Å². The largest absolute Gasteiger partial charge is 0.459 e. The van der Waals surface area contributed by atoms with Gasteiger partial charge in [0, 0.05) is 13.1 Å². The molecule has 0 radical (unpaired) electrons. The molecular formula is C19H20N2O5. The van der Waals surface area contributed by atoms with Crippen molar-refractivity contribution in [2.45, 2.75) is 26.0 Å². The molecule has 1 aliphatic heterocycles. The van der Waals surface area contributed by atoms with Crippen LogP contribution in [0.4, 0.5) is 0 Å². The highest BCUT2D eigenvalue weighted by molar-refractivity contribution is 5.93. The third kappa shape index (κ3) is 4.11. The minimum atomic E-state index is -0.909. The van der Waals surface area contributed by atoms with E-state index in [1.807, 2.05) is 18.2 Å². The first-order valence-electron chi connectivity index (χ1n) is 8.41. The van der Waals surface area contributed by atoms with Gasteiger partial charge >= 0.3 is 5.97 Å². The predicted molar refractivity (Wildman–Crippen MR) is 92.2 cm³/mol. The van der Waals surface area contributed by atoms with Crippen molar-refractivity contribution in [3.63, 3.8) is 0 Å². The summed E-state index contributed by atoms with van der Waals surface area (Å²) >= 11 is 0. The molecule has 0 fully saturated rings. The summed E-state index contributed by atoms with van der Waals surface area (Å²) in [5, 5.41) is 2.39. The minimum absolute atomic E-state index is 0.105. The van der Waals surface area contributed by atoms with Gasteiger partial charge in [0.2, 0.25) is 0 Å². The van der Waals surface area contributed by atoms with E-state index in [9.17, 15) is 14.4 Å². The van der Waals surface area contributed by atoms with Gasteiger partial charge in [0.25, 0.3) is 11.8 Å². The number of rotatable bonds is 5. The number of fused-ring (bicyclic) bond motifs is 1. The molecule has 7 heteroatoms. The Hall–Kier alpha value is -3.09. The van der Waals surface area contributed by atoms with Crippen molar-refractivity contribution < 1.29 is 23.5 Å². The molecule has 0 spiro atoms. The molecule has 3 rings (SSSR count). The van der Waals surface area contributed by atoms with Gasteiger partial charge in [-0.15, -0.1) is 0 Å².